The Balaban J connectivity index is 1.38. The van der Waals surface area contributed by atoms with E-state index in [0.717, 1.165) is 36.9 Å². The fourth-order valence-electron chi connectivity index (χ4n) is 6.74. The molecular formula is C21H30N4O3. The monoisotopic (exact) mass is 386 g/mol. The van der Waals surface area contributed by atoms with Gasteiger partial charge in [-0.25, -0.2) is 10.3 Å². The number of amides is 3. The van der Waals surface area contributed by atoms with Crippen molar-refractivity contribution in [2.75, 3.05) is 6.54 Å². The largest absolute Gasteiger partial charge is 0.348 e. The van der Waals surface area contributed by atoms with Gasteiger partial charge in [0.1, 0.15) is 0 Å². The number of nitrogens with one attached hydrogen (secondary N) is 2. The Morgan fingerprint density at radius 1 is 1.14 bits per heavy atom. The van der Waals surface area contributed by atoms with Crippen molar-refractivity contribution in [1.82, 2.24) is 20.3 Å². The number of carbonyl (C=O) groups is 2. The molecule has 2 heterocycles. The van der Waals surface area contributed by atoms with Gasteiger partial charge in [0.2, 0.25) is 0 Å². The van der Waals surface area contributed by atoms with E-state index in [-0.39, 0.29) is 17.0 Å². The Bertz CT molecular complexity index is 816. The molecule has 5 aliphatic rings. The highest BCUT2D eigenvalue weighted by molar-refractivity contribution is 5.93. The zero-order valence-electron chi connectivity index (χ0n) is 16.7. The molecule has 3 amide bonds. The predicted molar refractivity (Wildman–Crippen MR) is 103 cm³/mol. The molecule has 1 aromatic heterocycles. The lowest BCUT2D eigenvalue weighted by Crippen LogP contribution is -2.55. The fraction of sp³-hybridized carbons (Fsp3) is 0.714. The summed E-state index contributed by atoms with van der Waals surface area (Å²) in [6, 6.07) is 1.80. The van der Waals surface area contributed by atoms with Gasteiger partial charge in [-0.15, -0.1) is 0 Å². The van der Waals surface area contributed by atoms with Gasteiger partial charge in [-0.3, -0.25) is 10.0 Å². The number of aromatic nitrogens is 1. The van der Waals surface area contributed by atoms with E-state index in [9.17, 15) is 9.59 Å². The summed E-state index contributed by atoms with van der Waals surface area (Å²) in [6.45, 7) is 6.17. The van der Waals surface area contributed by atoms with Gasteiger partial charge < -0.3 is 14.8 Å². The molecule has 152 valence electrons. The second kappa shape index (κ2) is 5.99. The van der Waals surface area contributed by atoms with Crippen LogP contribution in [0.3, 0.4) is 0 Å². The number of hydrogen-bond acceptors (Lipinski definition) is 3. The molecule has 1 aromatic rings. The second-order valence-electron chi connectivity index (χ2n) is 10.4. The first-order valence-corrected chi connectivity index (χ1v) is 10.5. The van der Waals surface area contributed by atoms with E-state index in [1.54, 1.807) is 17.7 Å². The Hall–Kier alpha value is -2.02. The van der Waals surface area contributed by atoms with Gasteiger partial charge >= 0.3 is 6.03 Å². The minimum Gasteiger partial charge on any atom is -0.348 e. The van der Waals surface area contributed by atoms with Crippen molar-refractivity contribution < 1.29 is 14.8 Å². The van der Waals surface area contributed by atoms with E-state index in [1.165, 1.54) is 19.3 Å². The minimum atomic E-state index is -0.521. The van der Waals surface area contributed by atoms with Crippen LogP contribution in [-0.4, -0.2) is 38.7 Å². The van der Waals surface area contributed by atoms with Crippen LogP contribution in [0.5, 0.6) is 0 Å². The van der Waals surface area contributed by atoms with Gasteiger partial charge in [-0.2, -0.15) is 0 Å². The first kappa shape index (κ1) is 18.0. The number of urea groups is 1. The van der Waals surface area contributed by atoms with E-state index in [2.05, 4.69) is 19.2 Å². The van der Waals surface area contributed by atoms with E-state index in [1.807, 2.05) is 9.47 Å². The Labute approximate surface area is 165 Å². The van der Waals surface area contributed by atoms with Crippen molar-refractivity contribution in [3.05, 3.63) is 23.5 Å². The molecule has 4 saturated carbocycles. The summed E-state index contributed by atoms with van der Waals surface area (Å²) in [7, 11) is 0. The molecule has 0 spiro atoms. The van der Waals surface area contributed by atoms with Gasteiger partial charge in [-0.1, -0.05) is 13.8 Å². The summed E-state index contributed by atoms with van der Waals surface area (Å²) in [6.07, 6.45) is 7.98. The van der Waals surface area contributed by atoms with E-state index >= 15 is 0 Å². The lowest BCUT2D eigenvalue weighted by molar-refractivity contribution is 0.0706. The molecule has 7 nitrogen and oxygen atoms in total. The molecule has 2 atom stereocenters. The standard InChI is InChI=1S/C21H30N4O3/c1-20(2)11-24-9-15(18(26)23-28)6-17(24)10-25(12-20)19(27)22-21-7-13-3-14(8-21)5-16(21)4-13/h6,9,13-14,16,28H,3-5,7-8,10-12H2,1-2H3,(H,22,27)(H,23,26). The highest BCUT2D eigenvalue weighted by Gasteiger charge is 2.58. The van der Waals surface area contributed by atoms with Crippen LogP contribution in [0.15, 0.2) is 12.3 Å². The molecule has 0 aromatic carbocycles. The van der Waals surface area contributed by atoms with Gasteiger partial charge in [0.25, 0.3) is 5.91 Å². The second-order valence-corrected chi connectivity index (χ2v) is 10.4. The predicted octanol–water partition coefficient (Wildman–Crippen LogP) is 2.74. The van der Waals surface area contributed by atoms with Gasteiger partial charge in [-0.05, 0) is 55.9 Å². The average molecular weight is 386 g/mol. The van der Waals surface area contributed by atoms with Gasteiger partial charge in [0, 0.05) is 35.9 Å². The number of hydrogen-bond donors (Lipinski definition) is 3. The normalized spacial score (nSPS) is 34.8. The maximum atomic E-state index is 13.3. The first-order chi connectivity index (χ1) is 13.3. The number of fused-ring (bicyclic) bond motifs is 1. The molecule has 7 heteroatoms. The first-order valence-electron chi connectivity index (χ1n) is 10.5. The van der Waals surface area contributed by atoms with E-state index < -0.39 is 5.91 Å². The van der Waals surface area contributed by atoms with Crippen molar-refractivity contribution in [1.29, 1.82) is 0 Å². The molecule has 1 aliphatic heterocycles. The smallest absolute Gasteiger partial charge is 0.318 e. The molecular weight excluding hydrogens is 356 g/mol. The molecule has 3 N–H and O–H groups in total. The summed E-state index contributed by atoms with van der Waals surface area (Å²) < 4.78 is 2.04. The zero-order valence-corrected chi connectivity index (χ0v) is 16.7. The maximum absolute atomic E-state index is 13.3. The van der Waals surface area contributed by atoms with Crippen LogP contribution in [-0.2, 0) is 13.1 Å². The lowest BCUT2D eigenvalue weighted by Gasteiger charge is -2.37. The molecule has 0 saturated heterocycles. The average Bonchev–Trinajstić information content (AvgIpc) is 3.15. The molecule has 0 radical (unpaired) electrons. The third-order valence-corrected chi connectivity index (χ3v) is 7.55. The molecule has 4 bridgehead atoms. The van der Waals surface area contributed by atoms with Crippen LogP contribution in [0.2, 0.25) is 0 Å². The number of hydroxylamine groups is 1. The van der Waals surface area contributed by atoms with E-state index in [0.29, 0.717) is 24.6 Å². The summed E-state index contributed by atoms with van der Waals surface area (Å²) in [5.74, 6) is 1.74. The van der Waals surface area contributed by atoms with Gasteiger partial charge in [0.05, 0.1) is 12.1 Å². The summed E-state index contributed by atoms with van der Waals surface area (Å²) >= 11 is 0. The highest BCUT2D eigenvalue weighted by atomic mass is 16.5. The number of carbonyl (C=O) groups excluding carboxylic acids is 2. The maximum Gasteiger partial charge on any atom is 0.318 e. The molecule has 28 heavy (non-hydrogen) atoms. The summed E-state index contributed by atoms with van der Waals surface area (Å²) in [4.78, 5) is 27.1. The number of nitrogens with zero attached hydrogens (tertiary/aromatic N) is 2. The third kappa shape index (κ3) is 2.82. The lowest BCUT2D eigenvalue weighted by atomic mass is 9.80. The fourth-order valence-corrected chi connectivity index (χ4v) is 6.74. The minimum absolute atomic E-state index is 0.0189. The van der Waals surface area contributed by atoms with Gasteiger partial charge in [0.15, 0.2) is 0 Å². The zero-order chi connectivity index (χ0) is 19.7. The van der Waals surface area contributed by atoms with Crippen molar-refractivity contribution in [2.45, 2.75) is 64.6 Å². The topological polar surface area (TPSA) is 86.6 Å². The van der Waals surface area contributed by atoms with Crippen LogP contribution in [0, 0.1) is 23.2 Å². The van der Waals surface area contributed by atoms with Crippen LogP contribution >= 0.6 is 0 Å². The Morgan fingerprint density at radius 2 is 1.86 bits per heavy atom. The molecule has 4 aliphatic carbocycles. The SMILES string of the molecule is CC1(C)CN(C(=O)NC23CC4CC(CC2C4)C3)Cc2cc(C(=O)NO)cn2C1. The van der Waals surface area contributed by atoms with Crippen LogP contribution in [0.4, 0.5) is 4.79 Å². The van der Waals surface area contributed by atoms with Crippen molar-refractivity contribution in [3.8, 4) is 0 Å². The van der Waals surface area contributed by atoms with Crippen LogP contribution in [0.25, 0.3) is 0 Å². The highest BCUT2D eigenvalue weighted by Crippen LogP contribution is 2.60. The molecule has 4 fully saturated rings. The summed E-state index contributed by atoms with van der Waals surface area (Å²) in [5.41, 5.74) is 2.95. The Morgan fingerprint density at radius 3 is 2.54 bits per heavy atom. The molecule has 6 rings (SSSR count). The van der Waals surface area contributed by atoms with Crippen molar-refractivity contribution in [3.63, 3.8) is 0 Å². The summed E-state index contributed by atoms with van der Waals surface area (Å²) in [5, 5.41) is 12.4. The Kier molecular flexibility index (Phi) is 3.86. The van der Waals surface area contributed by atoms with Crippen molar-refractivity contribution >= 4 is 11.9 Å². The van der Waals surface area contributed by atoms with Crippen LogP contribution in [0.1, 0.15) is 62.0 Å². The van der Waals surface area contributed by atoms with Crippen LogP contribution < -0.4 is 10.8 Å². The third-order valence-electron chi connectivity index (χ3n) is 7.55. The number of rotatable bonds is 2. The van der Waals surface area contributed by atoms with E-state index in [4.69, 9.17) is 5.21 Å². The van der Waals surface area contributed by atoms with Crippen molar-refractivity contribution in [2.24, 2.45) is 23.2 Å². The molecule has 2 unspecified atom stereocenters. The quantitative estimate of drug-likeness (QED) is 0.540.